The highest BCUT2D eigenvalue weighted by Crippen LogP contribution is 2.44. The third-order valence-electron chi connectivity index (χ3n) is 5.62. The third kappa shape index (κ3) is 3.62. The van der Waals surface area contributed by atoms with Crippen molar-refractivity contribution in [3.63, 3.8) is 0 Å². The van der Waals surface area contributed by atoms with Crippen LogP contribution in [0.5, 0.6) is 0 Å². The maximum absolute atomic E-state index is 13.1. The molecule has 2 aromatic carbocycles. The van der Waals surface area contributed by atoms with Gasteiger partial charge in [-0.2, -0.15) is 13.2 Å². The molecule has 0 saturated carbocycles. The normalized spacial score (nSPS) is 20.2. The second kappa shape index (κ2) is 8.16. The van der Waals surface area contributed by atoms with E-state index in [1.54, 1.807) is 30.3 Å². The summed E-state index contributed by atoms with van der Waals surface area (Å²) in [6.45, 7) is -0.0901. The van der Waals surface area contributed by atoms with Crippen molar-refractivity contribution in [2.24, 2.45) is 0 Å². The number of fused-ring (bicyclic) bond motifs is 3. The molecule has 4 rings (SSSR count). The standard InChI is InChI=1S/C22H19F3N2O4S/c1-26-19(29)16-7-2-3-8-17(16)27-18(28)9-10-21(26,27)20(30)31-11-12-32-15-6-4-5-14(13-15)22(23,24)25/h2-8,13H,9-12H2,1H3. The molecule has 1 unspecified atom stereocenters. The fourth-order valence-electron chi connectivity index (χ4n) is 4.06. The molecular formula is C22H19F3N2O4S. The van der Waals surface area contributed by atoms with E-state index in [9.17, 15) is 27.6 Å². The van der Waals surface area contributed by atoms with Crippen molar-refractivity contribution < 1.29 is 32.3 Å². The minimum Gasteiger partial charge on any atom is -0.462 e. The van der Waals surface area contributed by atoms with Crippen LogP contribution in [0.2, 0.25) is 0 Å². The van der Waals surface area contributed by atoms with Gasteiger partial charge in [-0.1, -0.05) is 18.2 Å². The van der Waals surface area contributed by atoms with E-state index < -0.39 is 23.4 Å². The number of rotatable bonds is 5. The summed E-state index contributed by atoms with van der Waals surface area (Å²) in [5.41, 5.74) is -1.62. The maximum atomic E-state index is 13.1. The molecule has 1 atom stereocenters. The minimum absolute atomic E-state index is 0.0834. The molecule has 168 valence electrons. The van der Waals surface area contributed by atoms with Crippen LogP contribution in [0, 0.1) is 0 Å². The average molecular weight is 464 g/mol. The van der Waals surface area contributed by atoms with Crippen LogP contribution in [-0.2, 0) is 20.5 Å². The maximum Gasteiger partial charge on any atom is 0.416 e. The highest BCUT2D eigenvalue weighted by Gasteiger charge is 2.60. The molecule has 1 fully saturated rings. The Labute approximate surface area is 186 Å². The van der Waals surface area contributed by atoms with E-state index in [2.05, 4.69) is 0 Å². The molecule has 0 aliphatic carbocycles. The van der Waals surface area contributed by atoms with Crippen LogP contribution >= 0.6 is 11.8 Å². The Morgan fingerprint density at radius 1 is 1.16 bits per heavy atom. The van der Waals surface area contributed by atoms with E-state index >= 15 is 0 Å². The van der Waals surface area contributed by atoms with Gasteiger partial charge in [0.25, 0.3) is 5.91 Å². The number of nitrogens with zero attached hydrogens (tertiary/aromatic N) is 2. The number of likely N-dealkylation sites (N-methyl/N-ethyl adjacent to an activating group) is 1. The Hall–Kier alpha value is -3.01. The summed E-state index contributed by atoms with van der Waals surface area (Å²) < 4.78 is 44.0. The van der Waals surface area contributed by atoms with Crippen molar-refractivity contribution in [3.8, 4) is 0 Å². The van der Waals surface area contributed by atoms with Crippen molar-refractivity contribution in [1.82, 2.24) is 4.90 Å². The number of para-hydroxylation sites is 1. The Bertz CT molecular complexity index is 1090. The summed E-state index contributed by atoms with van der Waals surface area (Å²) in [6.07, 6.45) is -4.25. The van der Waals surface area contributed by atoms with Crippen LogP contribution in [-0.4, -0.2) is 47.8 Å². The lowest BCUT2D eigenvalue weighted by Gasteiger charge is -2.46. The van der Waals surface area contributed by atoms with Gasteiger partial charge in [0, 0.05) is 30.5 Å². The average Bonchev–Trinajstić information content (AvgIpc) is 3.13. The van der Waals surface area contributed by atoms with E-state index in [0.29, 0.717) is 16.1 Å². The molecule has 2 amide bonds. The molecule has 0 spiro atoms. The van der Waals surface area contributed by atoms with Gasteiger partial charge in [-0.25, -0.2) is 4.79 Å². The summed E-state index contributed by atoms with van der Waals surface area (Å²) in [4.78, 5) is 41.6. The molecule has 32 heavy (non-hydrogen) atoms. The second-order valence-electron chi connectivity index (χ2n) is 7.44. The Morgan fingerprint density at radius 2 is 1.91 bits per heavy atom. The largest absolute Gasteiger partial charge is 0.462 e. The molecule has 0 radical (unpaired) electrons. The predicted molar refractivity (Wildman–Crippen MR) is 111 cm³/mol. The molecule has 2 heterocycles. The van der Waals surface area contributed by atoms with Gasteiger partial charge < -0.3 is 9.64 Å². The molecule has 2 aliphatic heterocycles. The number of thioether (sulfide) groups is 1. The number of carbonyl (C=O) groups is 3. The monoisotopic (exact) mass is 464 g/mol. The molecule has 6 nitrogen and oxygen atoms in total. The summed E-state index contributed by atoms with van der Waals surface area (Å²) in [6, 6.07) is 11.5. The van der Waals surface area contributed by atoms with Crippen LogP contribution in [0.15, 0.2) is 53.4 Å². The van der Waals surface area contributed by atoms with E-state index in [1.807, 2.05) is 0 Å². The van der Waals surface area contributed by atoms with Crippen LogP contribution in [0.4, 0.5) is 18.9 Å². The van der Waals surface area contributed by atoms with Gasteiger partial charge >= 0.3 is 12.1 Å². The topological polar surface area (TPSA) is 66.9 Å². The number of hydrogen-bond acceptors (Lipinski definition) is 5. The van der Waals surface area contributed by atoms with E-state index in [4.69, 9.17) is 4.74 Å². The van der Waals surface area contributed by atoms with Crippen molar-refractivity contribution in [2.75, 3.05) is 24.3 Å². The van der Waals surface area contributed by atoms with Gasteiger partial charge in [0.15, 0.2) is 0 Å². The first-order chi connectivity index (χ1) is 15.2. The number of halogens is 3. The van der Waals surface area contributed by atoms with E-state index in [-0.39, 0.29) is 37.0 Å². The van der Waals surface area contributed by atoms with Gasteiger partial charge in [0.2, 0.25) is 11.6 Å². The SMILES string of the molecule is CN1C(=O)c2ccccc2N2C(=O)CCC12C(=O)OCCSc1cccc(C(F)(F)F)c1. The first-order valence-electron chi connectivity index (χ1n) is 9.84. The number of amides is 2. The van der Waals surface area contributed by atoms with Gasteiger partial charge in [-0.3, -0.25) is 14.5 Å². The fourth-order valence-corrected chi connectivity index (χ4v) is 4.85. The van der Waals surface area contributed by atoms with Crippen molar-refractivity contribution in [1.29, 1.82) is 0 Å². The first kappa shape index (κ1) is 22.2. The number of anilines is 1. The third-order valence-corrected chi connectivity index (χ3v) is 6.57. The molecule has 2 aliphatic rings. The highest BCUT2D eigenvalue weighted by atomic mass is 32.2. The van der Waals surface area contributed by atoms with Gasteiger partial charge in [0.05, 0.1) is 16.8 Å². The summed E-state index contributed by atoms with van der Waals surface area (Å²) >= 11 is 1.11. The van der Waals surface area contributed by atoms with Crippen LogP contribution in [0.3, 0.4) is 0 Å². The lowest BCUT2D eigenvalue weighted by atomic mass is 9.97. The Balaban J connectivity index is 1.47. The summed E-state index contributed by atoms with van der Waals surface area (Å²) in [5, 5.41) is 0. The molecule has 0 aromatic heterocycles. The molecule has 1 saturated heterocycles. The summed E-state index contributed by atoms with van der Waals surface area (Å²) in [5.74, 6) is -1.20. The Kier molecular flexibility index (Phi) is 5.66. The highest BCUT2D eigenvalue weighted by molar-refractivity contribution is 7.99. The summed E-state index contributed by atoms with van der Waals surface area (Å²) in [7, 11) is 1.46. The van der Waals surface area contributed by atoms with Crippen LogP contribution in [0.25, 0.3) is 0 Å². The smallest absolute Gasteiger partial charge is 0.416 e. The number of esters is 1. The number of hydrogen-bond donors (Lipinski definition) is 0. The number of benzene rings is 2. The quantitative estimate of drug-likeness (QED) is 0.381. The number of ether oxygens (including phenoxy) is 1. The molecule has 0 bridgehead atoms. The van der Waals surface area contributed by atoms with Gasteiger partial charge in [0.1, 0.15) is 6.61 Å². The zero-order valence-electron chi connectivity index (χ0n) is 17.0. The van der Waals surface area contributed by atoms with Crippen molar-refractivity contribution in [3.05, 3.63) is 59.7 Å². The lowest BCUT2D eigenvalue weighted by Crippen LogP contribution is -2.67. The minimum atomic E-state index is -4.44. The van der Waals surface area contributed by atoms with E-state index in [0.717, 1.165) is 23.9 Å². The number of alkyl halides is 3. The van der Waals surface area contributed by atoms with Crippen molar-refractivity contribution >= 4 is 35.2 Å². The van der Waals surface area contributed by atoms with Crippen LogP contribution < -0.4 is 4.90 Å². The molecule has 10 heteroatoms. The second-order valence-corrected chi connectivity index (χ2v) is 8.61. The fraction of sp³-hybridized carbons (Fsp3) is 0.318. The van der Waals surface area contributed by atoms with Crippen LogP contribution in [0.1, 0.15) is 28.8 Å². The first-order valence-corrected chi connectivity index (χ1v) is 10.8. The molecule has 2 aromatic rings. The zero-order chi connectivity index (χ0) is 23.1. The number of carbonyl (C=O) groups excluding carboxylic acids is 3. The zero-order valence-corrected chi connectivity index (χ0v) is 17.8. The lowest BCUT2D eigenvalue weighted by molar-refractivity contribution is -0.155. The van der Waals surface area contributed by atoms with Gasteiger partial charge in [-0.15, -0.1) is 11.8 Å². The predicted octanol–water partition coefficient (Wildman–Crippen LogP) is 3.95. The molecule has 0 N–H and O–H groups in total. The van der Waals surface area contributed by atoms with Gasteiger partial charge in [-0.05, 0) is 30.3 Å². The Morgan fingerprint density at radius 3 is 2.66 bits per heavy atom. The van der Waals surface area contributed by atoms with E-state index in [1.165, 1.54) is 22.9 Å². The van der Waals surface area contributed by atoms with Crippen molar-refractivity contribution in [2.45, 2.75) is 29.6 Å². The molecular weight excluding hydrogens is 445 g/mol.